The molecule has 3 heteroatoms. The third kappa shape index (κ3) is 3.75. The van der Waals surface area contributed by atoms with Gasteiger partial charge in [0.2, 0.25) is 0 Å². The predicted octanol–water partition coefficient (Wildman–Crippen LogP) is 4.89. The van der Waals surface area contributed by atoms with Crippen LogP contribution in [0.1, 0.15) is 67.4 Å². The molecule has 0 N–H and O–H groups in total. The largest absolute Gasteiger partial charge is 0.297 e. The number of rotatable bonds is 5. The highest BCUT2D eigenvalue weighted by Crippen LogP contribution is 2.31. The minimum Gasteiger partial charge on any atom is -0.297 e. The average Bonchev–Trinajstić information content (AvgIpc) is 2.96. The molecule has 3 rings (SSSR count). The van der Waals surface area contributed by atoms with Gasteiger partial charge in [-0.15, -0.1) is 11.3 Å². The van der Waals surface area contributed by atoms with Gasteiger partial charge >= 0.3 is 0 Å². The van der Waals surface area contributed by atoms with Crippen LogP contribution in [0.5, 0.6) is 0 Å². The SMILES string of the molecule is C=C(CC)c1nc2c(s1)CCN(CCC1CCCCC1)C2. The smallest absolute Gasteiger partial charge is 0.119 e. The van der Waals surface area contributed by atoms with E-state index >= 15 is 0 Å². The van der Waals surface area contributed by atoms with Crippen LogP contribution in [0.4, 0.5) is 0 Å². The summed E-state index contributed by atoms with van der Waals surface area (Å²) in [4.78, 5) is 8.97. The molecule has 21 heavy (non-hydrogen) atoms. The Labute approximate surface area is 133 Å². The van der Waals surface area contributed by atoms with Crippen LogP contribution < -0.4 is 0 Å². The second-order valence-corrected chi connectivity index (χ2v) is 7.75. The molecule has 1 aromatic rings. The van der Waals surface area contributed by atoms with Gasteiger partial charge in [0.15, 0.2) is 0 Å². The van der Waals surface area contributed by atoms with E-state index in [9.17, 15) is 0 Å². The summed E-state index contributed by atoms with van der Waals surface area (Å²) in [6, 6.07) is 0. The zero-order valence-corrected chi connectivity index (χ0v) is 14.2. The van der Waals surface area contributed by atoms with Crippen molar-refractivity contribution in [3.05, 3.63) is 22.2 Å². The molecule has 0 unspecified atom stereocenters. The molecule has 0 aromatic carbocycles. The van der Waals surface area contributed by atoms with Gasteiger partial charge in [0, 0.05) is 18.0 Å². The molecule has 0 radical (unpaired) electrons. The van der Waals surface area contributed by atoms with Gasteiger partial charge in [0.05, 0.1) is 5.69 Å². The Morgan fingerprint density at radius 3 is 2.90 bits per heavy atom. The zero-order chi connectivity index (χ0) is 14.7. The molecule has 2 nitrogen and oxygen atoms in total. The fourth-order valence-electron chi connectivity index (χ4n) is 3.59. The molecular formula is C18H28N2S. The molecule has 1 aliphatic heterocycles. The van der Waals surface area contributed by atoms with Gasteiger partial charge in [-0.3, -0.25) is 4.90 Å². The number of thiazole rings is 1. The van der Waals surface area contributed by atoms with Gasteiger partial charge in [-0.25, -0.2) is 4.98 Å². The van der Waals surface area contributed by atoms with Crippen LogP contribution in [0, 0.1) is 5.92 Å². The fraction of sp³-hybridized carbons (Fsp3) is 0.722. The molecule has 0 amide bonds. The topological polar surface area (TPSA) is 16.1 Å². The van der Waals surface area contributed by atoms with Gasteiger partial charge in [0.1, 0.15) is 5.01 Å². The molecule has 0 spiro atoms. The number of aromatic nitrogens is 1. The normalized spacial score (nSPS) is 20.4. The van der Waals surface area contributed by atoms with Gasteiger partial charge in [-0.05, 0) is 37.3 Å². The van der Waals surface area contributed by atoms with Crippen molar-refractivity contribution < 1.29 is 0 Å². The van der Waals surface area contributed by atoms with Crippen LogP contribution in [-0.4, -0.2) is 23.0 Å². The molecule has 1 aliphatic carbocycles. The van der Waals surface area contributed by atoms with Crippen LogP contribution >= 0.6 is 11.3 Å². The van der Waals surface area contributed by atoms with Crippen LogP contribution in [0.25, 0.3) is 5.57 Å². The van der Waals surface area contributed by atoms with Gasteiger partial charge < -0.3 is 0 Å². The van der Waals surface area contributed by atoms with Crippen molar-refractivity contribution in [2.45, 2.75) is 64.8 Å². The van der Waals surface area contributed by atoms with Crippen LogP contribution in [0.15, 0.2) is 6.58 Å². The van der Waals surface area contributed by atoms with Crippen molar-refractivity contribution in [3.8, 4) is 0 Å². The van der Waals surface area contributed by atoms with Crippen molar-refractivity contribution in [2.24, 2.45) is 5.92 Å². The summed E-state index contributed by atoms with van der Waals surface area (Å²) in [5.74, 6) is 0.992. The molecule has 2 heterocycles. The Morgan fingerprint density at radius 1 is 1.33 bits per heavy atom. The van der Waals surface area contributed by atoms with E-state index in [0.29, 0.717) is 0 Å². The number of nitrogens with zero attached hydrogens (tertiary/aromatic N) is 2. The Hall–Kier alpha value is -0.670. The van der Waals surface area contributed by atoms with Crippen molar-refractivity contribution in [2.75, 3.05) is 13.1 Å². The van der Waals surface area contributed by atoms with E-state index in [-0.39, 0.29) is 0 Å². The summed E-state index contributed by atoms with van der Waals surface area (Å²) in [7, 11) is 0. The third-order valence-corrected chi connectivity index (χ3v) is 6.37. The molecule has 0 atom stereocenters. The highest BCUT2D eigenvalue weighted by molar-refractivity contribution is 7.12. The lowest BCUT2D eigenvalue weighted by Crippen LogP contribution is -2.32. The molecule has 2 aliphatic rings. The maximum atomic E-state index is 4.84. The van der Waals surface area contributed by atoms with Crippen molar-refractivity contribution in [3.63, 3.8) is 0 Å². The number of fused-ring (bicyclic) bond motifs is 1. The molecule has 1 saturated carbocycles. The third-order valence-electron chi connectivity index (χ3n) is 5.11. The van der Waals surface area contributed by atoms with E-state index in [0.717, 1.165) is 18.9 Å². The number of hydrogen-bond acceptors (Lipinski definition) is 3. The first-order valence-corrected chi connectivity index (χ1v) is 9.47. The maximum Gasteiger partial charge on any atom is 0.119 e. The maximum absolute atomic E-state index is 4.84. The standard InChI is InChI=1S/C18H28N2S/c1-3-14(2)18-19-16-13-20(12-10-17(16)21-18)11-9-15-7-5-4-6-8-15/h15H,2-13H2,1H3. The summed E-state index contributed by atoms with van der Waals surface area (Å²) in [6.45, 7) is 9.86. The van der Waals surface area contributed by atoms with Crippen molar-refractivity contribution in [1.29, 1.82) is 0 Å². The Balaban J connectivity index is 1.54. The van der Waals surface area contributed by atoms with Crippen molar-refractivity contribution in [1.82, 2.24) is 9.88 Å². The molecule has 0 bridgehead atoms. The summed E-state index contributed by atoms with van der Waals surface area (Å²) < 4.78 is 0. The van der Waals surface area contributed by atoms with Gasteiger partial charge in [0.25, 0.3) is 0 Å². The van der Waals surface area contributed by atoms with E-state index in [4.69, 9.17) is 4.98 Å². The van der Waals surface area contributed by atoms with E-state index in [1.165, 1.54) is 79.2 Å². The zero-order valence-electron chi connectivity index (χ0n) is 13.4. The first kappa shape index (κ1) is 15.2. The highest BCUT2D eigenvalue weighted by Gasteiger charge is 2.22. The van der Waals surface area contributed by atoms with E-state index in [1.807, 2.05) is 11.3 Å². The molecular weight excluding hydrogens is 276 g/mol. The molecule has 1 aromatic heterocycles. The van der Waals surface area contributed by atoms with Gasteiger partial charge in [-0.2, -0.15) is 0 Å². The van der Waals surface area contributed by atoms with Crippen molar-refractivity contribution >= 4 is 16.9 Å². The minimum absolute atomic E-state index is 0.992. The Morgan fingerprint density at radius 2 is 2.14 bits per heavy atom. The van der Waals surface area contributed by atoms with E-state index in [1.54, 1.807) is 0 Å². The quantitative estimate of drug-likeness (QED) is 0.769. The first-order valence-electron chi connectivity index (χ1n) is 8.65. The lowest BCUT2D eigenvalue weighted by atomic mass is 9.87. The summed E-state index contributed by atoms with van der Waals surface area (Å²) in [5.41, 5.74) is 2.53. The second kappa shape index (κ2) is 7.06. The summed E-state index contributed by atoms with van der Waals surface area (Å²) in [6.07, 6.45) is 10.9. The Bertz CT molecular complexity index is 485. The monoisotopic (exact) mass is 304 g/mol. The van der Waals surface area contributed by atoms with Gasteiger partial charge in [-0.1, -0.05) is 45.6 Å². The van der Waals surface area contributed by atoms with E-state index in [2.05, 4.69) is 18.4 Å². The lowest BCUT2D eigenvalue weighted by Gasteiger charge is -2.29. The lowest BCUT2D eigenvalue weighted by molar-refractivity contribution is 0.216. The average molecular weight is 305 g/mol. The van der Waals surface area contributed by atoms with Crippen LogP contribution in [0.2, 0.25) is 0 Å². The second-order valence-electron chi connectivity index (χ2n) is 6.66. The minimum atomic E-state index is 0.992. The summed E-state index contributed by atoms with van der Waals surface area (Å²) in [5, 5.41) is 1.18. The fourth-order valence-corrected chi connectivity index (χ4v) is 4.69. The number of hydrogen-bond donors (Lipinski definition) is 0. The first-order chi connectivity index (χ1) is 10.3. The van der Waals surface area contributed by atoms with Crippen LogP contribution in [0.3, 0.4) is 0 Å². The molecule has 1 fully saturated rings. The van der Waals surface area contributed by atoms with Crippen LogP contribution in [-0.2, 0) is 13.0 Å². The Kier molecular flexibility index (Phi) is 5.12. The molecule has 0 saturated heterocycles. The predicted molar refractivity (Wildman–Crippen MR) is 91.6 cm³/mol. The molecule has 116 valence electrons. The summed E-state index contributed by atoms with van der Waals surface area (Å²) >= 11 is 1.88. The number of allylic oxidation sites excluding steroid dienone is 1. The van der Waals surface area contributed by atoms with E-state index < -0.39 is 0 Å². The highest BCUT2D eigenvalue weighted by atomic mass is 32.1.